The van der Waals surface area contributed by atoms with Gasteiger partial charge in [-0.15, -0.1) is 0 Å². The number of hydrogen-bond donors (Lipinski definition) is 1. The van der Waals surface area contributed by atoms with E-state index in [-0.39, 0.29) is 0 Å². The van der Waals surface area contributed by atoms with Crippen LogP contribution in [0.2, 0.25) is 0 Å². The van der Waals surface area contributed by atoms with Gasteiger partial charge in [0.05, 0.1) is 12.5 Å². The van der Waals surface area contributed by atoms with Crippen molar-refractivity contribution in [1.82, 2.24) is 0 Å². The van der Waals surface area contributed by atoms with Crippen LogP contribution in [0.15, 0.2) is 104 Å². The predicted octanol–water partition coefficient (Wildman–Crippen LogP) is 5.74. The second-order valence-electron chi connectivity index (χ2n) is 4.90. The van der Waals surface area contributed by atoms with Gasteiger partial charge in [0, 0.05) is 0 Å². The average molecular weight is 316 g/mol. The Morgan fingerprint density at radius 1 is 0.542 bits per heavy atom. The summed E-state index contributed by atoms with van der Waals surface area (Å²) < 4.78 is 5.28. The lowest BCUT2D eigenvalue weighted by Crippen LogP contribution is -1.71. The van der Waals surface area contributed by atoms with Crippen LogP contribution in [0.1, 0.15) is 11.1 Å². The van der Waals surface area contributed by atoms with Gasteiger partial charge in [0.15, 0.2) is 0 Å². The van der Waals surface area contributed by atoms with Crippen molar-refractivity contribution in [2.24, 2.45) is 0 Å². The van der Waals surface area contributed by atoms with E-state index in [0.717, 1.165) is 11.1 Å². The summed E-state index contributed by atoms with van der Waals surface area (Å²) in [5.74, 6) is 0.322. The third kappa shape index (κ3) is 7.14. The molecule has 2 nitrogen and oxygen atoms in total. The molecule has 0 aliphatic carbocycles. The zero-order valence-corrected chi connectivity index (χ0v) is 13.3. The van der Waals surface area contributed by atoms with Gasteiger partial charge in [-0.25, -0.2) is 0 Å². The highest BCUT2D eigenvalue weighted by atomic mass is 16.5. The lowest BCUT2D eigenvalue weighted by atomic mass is 10.2. The molecule has 3 aromatic rings. The van der Waals surface area contributed by atoms with E-state index in [1.165, 1.54) is 0 Å². The standard InChI is InChI=1S/C16H14O.C6H6O/c1-3-7-15(8-4-1)11-13-17-14-12-16-9-5-2-6-10-16;7-6-4-2-1-3-5-6/h1-14H;1-5,7H/b13-11+,14-12+;. The van der Waals surface area contributed by atoms with Gasteiger partial charge >= 0.3 is 0 Å². The van der Waals surface area contributed by atoms with Crippen molar-refractivity contribution in [1.29, 1.82) is 0 Å². The molecule has 3 aromatic carbocycles. The Balaban J connectivity index is 0.000000249. The largest absolute Gasteiger partial charge is 0.508 e. The van der Waals surface area contributed by atoms with E-state index in [1.54, 1.807) is 36.8 Å². The zero-order chi connectivity index (χ0) is 16.9. The maximum Gasteiger partial charge on any atom is 0.115 e. The zero-order valence-electron chi connectivity index (χ0n) is 13.3. The van der Waals surface area contributed by atoms with Gasteiger partial charge in [0.2, 0.25) is 0 Å². The van der Waals surface area contributed by atoms with Crippen molar-refractivity contribution in [3.05, 3.63) is 115 Å². The Morgan fingerprint density at radius 3 is 1.25 bits per heavy atom. The summed E-state index contributed by atoms with van der Waals surface area (Å²) in [6.45, 7) is 0. The van der Waals surface area contributed by atoms with Gasteiger partial charge in [0.25, 0.3) is 0 Å². The quantitative estimate of drug-likeness (QED) is 0.622. The fourth-order valence-corrected chi connectivity index (χ4v) is 1.84. The van der Waals surface area contributed by atoms with Crippen molar-refractivity contribution in [3.8, 4) is 5.75 Å². The van der Waals surface area contributed by atoms with Crippen LogP contribution in [0.5, 0.6) is 5.75 Å². The highest BCUT2D eigenvalue weighted by Crippen LogP contribution is 2.04. The number of phenols is 1. The van der Waals surface area contributed by atoms with Gasteiger partial charge in [0.1, 0.15) is 5.75 Å². The highest BCUT2D eigenvalue weighted by Gasteiger charge is 1.83. The van der Waals surface area contributed by atoms with Crippen LogP contribution >= 0.6 is 0 Å². The molecule has 0 amide bonds. The molecule has 0 fully saturated rings. The second kappa shape index (κ2) is 10.5. The van der Waals surface area contributed by atoms with Crippen LogP contribution in [0.25, 0.3) is 12.2 Å². The first-order chi connectivity index (χ1) is 11.8. The molecule has 0 saturated carbocycles. The minimum Gasteiger partial charge on any atom is -0.508 e. The predicted molar refractivity (Wildman–Crippen MR) is 100 cm³/mol. The molecule has 0 bridgehead atoms. The van der Waals surface area contributed by atoms with Gasteiger partial charge in [-0.3, -0.25) is 0 Å². The molecular formula is C22H20O2. The maximum atomic E-state index is 8.63. The third-order valence-corrected chi connectivity index (χ3v) is 3.03. The van der Waals surface area contributed by atoms with E-state index in [9.17, 15) is 0 Å². The van der Waals surface area contributed by atoms with E-state index in [4.69, 9.17) is 9.84 Å². The van der Waals surface area contributed by atoms with Crippen LogP contribution in [-0.4, -0.2) is 5.11 Å². The Kier molecular flexibility index (Phi) is 7.45. The molecule has 0 spiro atoms. The van der Waals surface area contributed by atoms with Crippen molar-refractivity contribution in [3.63, 3.8) is 0 Å². The van der Waals surface area contributed by atoms with Gasteiger partial charge < -0.3 is 9.84 Å². The first-order valence-electron chi connectivity index (χ1n) is 7.67. The van der Waals surface area contributed by atoms with Crippen molar-refractivity contribution in [2.75, 3.05) is 0 Å². The second-order valence-corrected chi connectivity index (χ2v) is 4.90. The van der Waals surface area contributed by atoms with E-state index in [0.29, 0.717) is 5.75 Å². The lowest BCUT2D eigenvalue weighted by molar-refractivity contribution is 0.410. The third-order valence-electron chi connectivity index (χ3n) is 3.03. The summed E-state index contributed by atoms with van der Waals surface area (Å²) in [7, 11) is 0. The molecule has 2 heteroatoms. The fraction of sp³-hybridized carbons (Fsp3) is 0. The molecule has 120 valence electrons. The number of rotatable bonds is 4. The van der Waals surface area contributed by atoms with Crippen molar-refractivity contribution >= 4 is 12.2 Å². The molecule has 0 aromatic heterocycles. The molecule has 0 heterocycles. The Labute approximate surface area is 143 Å². The summed E-state index contributed by atoms with van der Waals surface area (Å²) in [6, 6.07) is 28.8. The van der Waals surface area contributed by atoms with Crippen LogP contribution in [-0.2, 0) is 4.74 Å². The summed E-state index contributed by atoms with van der Waals surface area (Å²) in [5, 5.41) is 8.63. The van der Waals surface area contributed by atoms with Crippen LogP contribution in [0, 0.1) is 0 Å². The van der Waals surface area contributed by atoms with Crippen molar-refractivity contribution < 1.29 is 9.84 Å². The number of ether oxygens (including phenoxy) is 1. The molecule has 3 rings (SSSR count). The summed E-state index contributed by atoms with van der Waals surface area (Å²) in [4.78, 5) is 0. The van der Waals surface area contributed by atoms with Gasteiger partial charge in [-0.2, -0.15) is 0 Å². The number of para-hydroxylation sites is 1. The van der Waals surface area contributed by atoms with Crippen molar-refractivity contribution in [2.45, 2.75) is 0 Å². The smallest absolute Gasteiger partial charge is 0.115 e. The average Bonchev–Trinajstić information content (AvgIpc) is 2.64. The number of phenolic OH excluding ortho intramolecular Hbond substituents is 1. The molecule has 1 N–H and O–H groups in total. The first-order valence-corrected chi connectivity index (χ1v) is 7.67. The Hall–Kier alpha value is -3.26. The number of aromatic hydroxyl groups is 1. The minimum atomic E-state index is 0.322. The molecule has 24 heavy (non-hydrogen) atoms. The van der Waals surface area contributed by atoms with E-state index in [1.807, 2.05) is 78.9 Å². The topological polar surface area (TPSA) is 29.5 Å². The SMILES string of the molecule is C(=C\c1ccccc1)/O/C=C/c1ccccc1.Oc1ccccc1. The highest BCUT2D eigenvalue weighted by molar-refractivity contribution is 5.49. The number of hydrogen-bond acceptors (Lipinski definition) is 2. The van der Waals surface area contributed by atoms with Crippen LogP contribution in [0.3, 0.4) is 0 Å². The molecule has 0 atom stereocenters. The monoisotopic (exact) mass is 316 g/mol. The first kappa shape index (κ1) is 17.1. The molecule has 0 saturated heterocycles. The molecule has 0 aliphatic heterocycles. The number of benzene rings is 3. The normalized spacial score (nSPS) is 10.3. The molecule has 0 radical (unpaired) electrons. The molecule has 0 unspecified atom stereocenters. The van der Waals surface area contributed by atoms with Crippen LogP contribution < -0.4 is 0 Å². The summed E-state index contributed by atoms with van der Waals surface area (Å²) in [6.07, 6.45) is 7.20. The van der Waals surface area contributed by atoms with E-state index in [2.05, 4.69) is 0 Å². The molecule has 0 aliphatic rings. The van der Waals surface area contributed by atoms with Gasteiger partial charge in [-0.05, 0) is 35.4 Å². The minimum absolute atomic E-state index is 0.322. The fourth-order valence-electron chi connectivity index (χ4n) is 1.84. The Bertz CT molecular complexity index is 685. The van der Waals surface area contributed by atoms with E-state index >= 15 is 0 Å². The molecular weight excluding hydrogens is 296 g/mol. The van der Waals surface area contributed by atoms with Crippen LogP contribution in [0.4, 0.5) is 0 Å². The summed E-state index contributed by atoms with van der Waals surface area (Å²) >= 11 is 0. The Morgan fingerprint density at radius 2 is 0.917 bits per heavy atom. The summed E-state index contributed by atoms with van der Waals surface area (Å²) in [5.41, 5.74) is 2.25. The lowest BCUT2D eigenvalue weighted by Gasteiger charge is -1.93. The van der Waals surface area contributed by atoms with E-state index < -0.39 is 0 Å². The maximum absolute atomic E-state index is 8.63. The van der Waals surface area contributed by atoms with Gasteiger partial charge in [-0.1, -0.05) is 78.9 Å².